The predicted molar refractivity (Wildman–Crippen MR) is 84.4 cm³/mol. The molecule has 0 aliphatic heterocycles. The molecule has 104 valence electrons. The van der Waals surface area contributed by atoms with Gasteiger partial charge in [-0.2, -0.15) is 0 Å². The van der Waals surface area contributed by atoms with Gasteiger partial charge >= 0.3 is 0 Å². The van der Waals surface area contributed by atoms with Crippen molar-refractivity contribution in [2.45, 2.75) is 39.7 Å². The van der Waals surface area contributed by atoms with Crippen LogP contribution in [0.3, 0.4) is 0 Å². The van der Waals surface area contributed by atoms with Crippen LogP contribution in [-0.2, 0) is 6.42 Å². The molecule has 2 rings (SSSR count). The lowest BCUT2D eigenvalue weighted by Crippen LogP contribution is -2.24. The summed E-state index contributed by atoms with van der Waals surface area (Å²) >= 11 is 7.78. The van der Waals surface area contributed by atoms with Crippen molar-refractivity contribution in [2.75, 3.05) is 11.2 Å². The molecule has 0 radical (unpaired) electrons. The number of rotatable bonds is 6. The smallest absolute Gasteiger partial charge is 0.138 e. The maximum atomic E-state index is 6.04. The molecule has 0 fully saturated rings. The minimum Gasteiger partial charge on any atom is -0.365 e. The van der Waals surface area contributed by atoms with Crippen LogP contribution in [0, 0.1) is 5.92 Å². The molecular formula is C14H20ClN3S. The normalized spacial score (nSPS) is 13.1. The van der Waals surface area contributed by atoms with Crippen LogP contribution in [0.4, 0.5) is 5.82 Å². The van der Waals surface area contributed by atoms with Crippen molar-refractivity contribution >= 4 is 39.0 Å². The van der Waals surface area contributed by atoms with Crippen LogP contribution >= 0.6 is 22.9 Å². The van der Waals surface area contributed by atoms with Crippen molar-refractivity contribution in [1.29, 1.82) is 0 Å². The number of nitrogens with zero attached hydrogens (tertiary/aromatic N) is 2. The summed E-state index contributed by atoms with van der Waals surface area (Å²) in [7, 11) is 0. The monoisotopic (exact) mass is 297 g/mol. The second-order valence-electron chi connectivity index (χ2n) is 5.13. The van der Waals surface area contributed by atoms with Gasteiger partial charge in [0.15, 0.2) is 0 Å². The number of anilines is 1. The molecule has 1 atom stereocenters. The fourth-order valence-electron chi connectivity index (χ4n) is 2.12. The summed E-state index contributed by atoms with van der Waals surface area (Å²) < 4.78 is 0. The lowest BCUT2D eigenvalue weighted by Gasteiger charge is -2.18. The molecule has 0 amide bonds. The van der Waals surface area contributed by atoms with Crippen molar-refractivity contribution in [3.8, 4) is 0 Å². The van der Waals surface area contributed by atoms with E-state index in [4.69, 9.17) is 11.6 Å². The molecule has 0 saturated heterocycles. The van der Waals surface area contributed by atoms with E-state index in [1.54, 1.807) is 17.7 Å². The Morgan fingerprint density at radius 1 is 1.37 bits per heavy atom. The van der Waals surface area contributed by atoms with Crippen LogP contribution < -0.4 is 5.32 Å². The standard InChI is InChI=1S/C14H20ClN3S/c1-4-11-6-12-13(16-8-17-14(12)19-11)18-10(7-15)5-9(2)3/h6,8-10H,4-5,7H2,1-3H3,(H,16,17,18). The Hall–Kier alpha value is -0.870. The fourth-order valence-corrected chi connectivity index (χ4v) is 3.26. The van der Waals surface area contributed by atoms with E-state index in [1.807, 2.05) is 0 Å². The van der Waals surface area contributed by atoms with Crippen LogP contribution in [0.15, 0.2) is 12.4 Å². The lowest BCUT2D eigenvalue weighted by molar-refractivity contribution is 0.541. The summed E-state index contributed by atoms with van der Waals surface area (Å²) in [6.45, 7) is 6.57. The number of hydrogen-bond donors (Lipinski definition) is 1. The first-order chi connectivity index (χ1) is 9.13. The van der Waals surface area contributed by atoms with Crippen LogP contribution in [0.5, 0.6) is 0 Å². The molecule has 0 spiro atoms. The number of nitrogens with one attached hydrogen (secondary N) is 1. The van der Waals surface area contributed by atoms with Crippen LogP contribution in [0.1, 0.15) is 32.1 Å². The summed E-state index contributed by atoms with van der Waals surface area (Å²) in [5.41, 5.74) is 0. The second-order valence-corrected chi connectivity index (χ2v) is 6.56. The largest absolute Gasteiger partial charge is 0.365 e. The quantitative estimate of drug-likeness (QED) is 0.807. The molecule has 0 saturated carbocycles. The first-order valence-corrected chi connectivity index (χ1v) is 8.05. The summed E-state index contributed by atoms with van der Waals surface area (Å²) in [5, 5.41) is 4.58. The molecule has 0 aromatic carbocycles. The maximum absolute atomic E-state index is 6.04. The van der Waals surface area contributed by atoms with Crippen molar-refractivity contribution in [2.24, 2.45) is 5.92 Å². The lowest BCUT2D eigenvalue weighted by atomic mass is 10.1. The van der Waals surface area contributed by atoms with E-state index in [2.05, 4.69) is 42.1 Å². The molecule has 19 heavy (non-hydrogen) atoms. The Bertz CT molecular complexity index is 538. The zero-order valence-corrected chi connectivity index (χ0v) is 13.2. The van der Waals surface area contributed by atoms with E-state index in [1.165, 1.54) is 4.88 Å². The van der Waals surface area contributed by atoms with Gasteiger partial charge < -0.3 is 5.32 Å². The molecule has 5 heteroatoms. The van der Waals surface area contributed by atoms with Gasteiger partial charge in [0.05, 0.1) is 5.39 Å². The van der Waals surface area contributed by atoms with E-state index in [-0.39, 0.29) is 6.04 Å². The zero-order chi connectivity index (χ0) is 13.8. The number of thiophene rings is 1. The number of aromatic nitrogens is 2. The highest BCUT2D eigenvalue weighted by atomic mass is 35.5. The van der Waals surface area contributed by atoms with Crippen LogP contribution in [-0.4, -0.2) is 21.9 Å². The summed E-state index contributed by atoms with van der Waals surface area (Å²) in [6.07, 6.45) is 3.70. The van der Waals surface area contributed by atoms with Gasteiger partial charge in [0.25, 0.3) is 0 Å². The van der Waals surface area contributed by atoms with Gasteiger partial charge in [0, 0.05) is 16.8 Å². The van der Waals surface area contributed by atoms with Crippen LogP contribution in [0.2, 0.25) is 0 Å². The number of hydrogen-bond acceptors (Lipinski definition) is 4. The van der Waals surface area contributed by atoms with Gasteiger partial charge in [-0.05, 0) is 24.8 Å². The SMILES string of the molecule is CCc1cc2c(NC(CCl)CC(C)C)ncnc2s1. The van der Waals surface area contributed by atoms with Crippen molar-refractivity contribution in [1.82, 2.24) is 9.97 Å². The molecule has 0 aliphatic carbocycles. The number of aryl methyl sites for hydroxylation is 1. The third-order valence-electron chi connectivity index (χ3n) is 3.01. The van der Waals surface area contributed by atoms with Gasteiger partial charge in [-0.25, -0.2) is 9.97 Å². The summed E-state index contributed by atoms with van der Waals surface area (Å²) in [4.78, 5) is 11.1. The first-order valence-electron chi connectivity index (χ1n) is 6.70. The van der Waals surface area contributed by atoms with Crippen molar-refractivity contribution in [3.63, 3.8) is 0 Å². The van der Waals surface area contributed by atoms with Gasteiger partial charge in [0.1, 0.15) is 17.0 Å². The average Bonchev–Trinajstić information content (AvgIpc) is 2.81. The predicted octanol–water partition coefficient (Wildman–Crippen LogP) is 4.32. The molecule has 2 aromatic heterocycles. The summed E-state index contributed by atoms with van der Waals surface area (Å²) in [5.74, 6) is 2.11. The highest BCUT2D eigenvalue weighted by molar-refractivity contribution is 7.18. The maximum Gasteiger partial charge on any atom is 0.138 e. The Balaban J connectivity index is 2.26. The third-order valence-corrected chi connectivity index (χ3v) is 4.57. The molecule has 3 nitrogen and oxygen atoms in total. The second kappa shape index (κ2) is 6.53. The highest BCUT2D eigenvalue weighted by Gasteiger charge is 2.13. The number of alkyl halides is 1. The Kier molecular flexibility index (Phi) is 4.99. The Labute approximate surface area is 123 Å². The highest BCUT2D eigenvalue weighted by Crippen LogP contribution is 2.29. The molecule has 0 aliphatic rings. The zero-order valence-electron chi connectivity index (χ0n) is 11.6. The van der Waals surface area contributed by atoms with E-state index in [9.17, 15) is 0 Å². The summed E-state index contributed by atoms with van der Waals surface area (Å²) in [6, 6.07) is 2.44. The van der Waals surface area contributed by atoms with E-state index >= 15 is 0 Å². The molecule has 1 unspecified atom stereocenters. The average molecular weight is 298 g/mol. The first kappa shape index (κ1) is 14.5. The Morgan fingerprint density at radius 2 is 2.16 bits per heavy atom. The van der Waals surface area contributed by atoms with E-state index < -0.39 is 0 Å². The van der Waals surface area contributed by atoms with Gasteiger partial charge in [-0.1, -0.05) is 20.8 Å². The fraction of sp³-hybridized carbons (Fsp3) is 0.571. The van der Waals surface area contributed by atoms with Crippen LogP contribution in [0.25, 0.3) is 10.2 Å². The third kappa shape index (κ3) is 3.57. The van der Waals surface area contributed by atoms with E-state index in [0.717, 1.165) is 28.9 Å². The molecular weight excluding hydrogens is 278 g/mol. The topological polar surface area (TPSA) is 37.8 Å². The van der Waals surface area contributed by atoms with Gasteiger partial charge in [-0.3, -0.25) is 0 Å². The van der Waals surface area contributed by atoms with Crippen molar-refractivity contribution < 1.29 is 0 Å². The molecule has 1 N–H and O–H groups in total. The van der Waals surface area contributed by atoms with Crippen molar-refractivity contribution in [3.05, 3.63) is 17.3 Å². The van der Waals surface area contributed by atoms with Gasteiger partial charge in [-0.15, -0.1) is 22.9 Å². The van der Waals surface area contributed by atoms with Gasteiger partial charge in [0.2, 0.25) is 0 Å². The molecule has 0 bridgehead atoms. The number of halogens is 1. The minimum atomic E-state index is 0.254. The molecule has 2 aromatic rings. The number of fused-ring (bicyclic) bond motifs is 1. The molecule has 2 heterocycles. The Morgan fingerprint density at radius 3 is 2.79 bits per heavy atom. The van der Waals surface area contributed by atoms with E-state index in [0.29, 0.717) is 11.8 Å². The minimum absolute atomic E-state index is 0.254.